The molecule has 1 saturated heterocycles. The highest BCUT2D eigenvalue weighted by molar-refractivity contribution is 5.77. The molecule has 0 radical (unpaired) electrons. The molecule has 0 spiro atoms. The number of carbonyl (C=O) groups is 2. The van der Waals surface area contributed by atoms with Crippen molar-refractivity contribution in [3.8, 4) is 0 Å². The Morgan fingerprint density at radius 1 is 1.47 bits per heavy atom. The van der Waals surface area contributed by atoms with Crippen LogP contribution in [0.1, 0.15) is 40.0 Å². The highest BCUT2D eigenvalue weighted by atomic mass is 16.6. The number of hydrogen-bond acceptors (Lipinski definition) is 3. The van der Waals surface area contributed by atoms with Crippen molar-refractivity contribution < 1.29 is 19.4 Å². The van der Waals surface area contributed by atoms with Crippen LogP contribution in [0.2, 0.25) is 0 Å². The zero-order valence-corrected chi connectivity index (χ0v) is 11.9. The molecule has 19 heavy (non-hydrogen) atoms. The predicted molar refractivity (Wildman–Crippen MR) is 71.9 cm³/mol. The number of hydrogen-bond donors (Lipinski definition) is 1. The van der Waals surface area contributed by atoms with E-state index in [0.29, 0.717) is 25.8 Å². The van der Waals surface area contributed by atoms with Crippen molar-refractivity contribution in [2.24, 2.45) is 5.41 Å². The molecule has 1 rings (SSSR count). The fraction of sp³-hybridized carbons (Fsp3) is 0.714. The number of nitrogens with zero attached hydrogens (tertiary/aromatic N) is 1. The average Bonchev–Trinajstić information content (AvgIpc) is 2.27. The number of allylic oxidation sites excluding steroid dienone is 1. The molecule has 108 valence electrons. The number of ether oxygens (including phenoxy) is 1. The summed E-state index contributed by atoms with van der Waals surface area (Å²) in [6.45, 7) is 9.72. The smallest absolute Gasteiger partial charge is 0.410 e. The van der Waals surface area contributed by atoms with E-state index in [2.05, 4.69) is 6.58 Å². The third-order valence-corrected chi connectivity index (χ3v) is 3.22. The number of carboxylic acids is 1. The number of carbonyl (C=O) groups excluding carboxylic acids is 1. The van der Waals surface area contributed by atoms with Gasteiger partial charge in [-0.2, -0.15) is 0 Å². The first-order valence-electron chi connectivity index (χ1n) is 6.52. The maximum atomic E-state index is 12.0. The van der Waals surface area contributed by atoms with Crippen molar-refractivity contribution in [1.82, 2.24) is 4.90 Å². The van der Waals surface area contributed by atoms with E-state index in [4.69, 9.17) is 4.74 Å². The van der Waals surface area contributed by atoms with Gasteiger partial charge >= 0.3 is 12.1 Å². The monoisotopic (exact) mass is 269 g/mol. The summed E-state index contributed by atoms with van der Waals surface area (Å²) in [5.74, 6) is -0.874. The molecule has 1 amide bonds. The zero-order valence-electron chi connectivity index (χ0n) is 11.9. The van der Waals surface area contributed by atoms with Crippen molar-refractivity contribution >= 4 is 12.1 Å². The van der Waals surface area contributed by atoms with E-state index < -0.39 is 23.1 Å². The van der Waals surface area contributed by atoms with Crippen LogP contribution in [0.3, 0.4) is 0 Å². The maximum absolute atomic E-state index is 12.0. The van der Waals surface area contributed by atoms with Gasteiger partial charge in [0, 0.05) is 13.1 Å². The van der Waals surface area contributed by atoms with E-state index in [9.17, 15) is 14.7 Å². The molecule has 0 aromatic carbocycles. The Kier molecular flexibility index (Phi) is 4.61. The molecule has 0 aromatic rings. The van der Waals surface area contributed by atoms with E-state index in [1.54, 1.807) is 26.8 Å². The summed E-state index contributed by atoms with van der Waals surface area (Å²) in [6, 6.07) is 0. The van der Waals surface area contributed by atoms with Gasteiger partial charge in [-0.05, 0) is 40.0 Å². The number of piperidine rings is 1. The van der Waals surface area contributed by atoms with Gasteiger partial charge in [0.15, 0.2) is 0 Å². The molecular weight excluding hydrogens is 246 g/mol. The van der Waals surface area contributed by atoms with Gasteiger partial charge < -0.3 is 14.7 Å². The quantitative estimate of drug-likeness (QED) is 0.800. The topological polar surface area (TPSA) is 66.8 Å². The van der Waals surface area contributed by atoms with Crippen molar-refractivity contribution in [1.29, 1.82) is 0 Å². The Balaban J connectivity index is 2.80. The number of amides is 1. The van der Waals surface area contributed by atoms with Crippen molar-refractivity contribution in [3.63, 3.8) is 0 Å². The van der Waals surface area contributed by atoms with E-state index in [0.717, 1.165) is 0 Å². The third-order valence-electron chi connectivity index (χ3n) is 3.22. The van der Waals surface area contributed by atoms with Crippen molar-refractivity contribution in [3.05, 3.63) is 12.7 Å². The van der Waals surface area contributed by atoms with E-state index >= 15 is 0 Å². The molecular formula is C14H23NO4. The highest BCUT2D eigenvalue weighted by Gasteiger charge is 2.43. The van der Waals surface area contributed by atoms with Gasteiger partial charge in [-0.3, -0.25) is 4.79 Å². The van der Waals surface area contributed by atoms with Crippen LogP contribution in [0.4, 0.5) is 4.79 Å². The second kappa shape index (κ2) is 5.63. The first-order valence-corrected chi connectivity index (χ1v) is 6.52. The molecule has 1 heterocycles. The minimum atomic E-state index is -0.920. The highest BCUT2D eigenvalue weighted by Crippen LogP contribution is 2.34. The molecule has 0 bridgehead atoms. The number of rotatable bonds is 3. The van der Waals surface area contributed by atoms with Crippen LogP contribution in [0, 0.1) is 5.41 Å². The Bertz CT molecular complexity index is 372. The molecule has 5 nitrogen and oxygen atoms in total. The molecule has 0 unspecified atom stereocenters. The summed E-state index contributed by atoms with van der Waals surface area (Å²) in [5, 5.41) is 9.43. The van der Waals surface area contributed by atoms with Gasteiger partial charge in [0.2, 0.25) is 0 Å². The van der Waals surface area contributed by atoms with Crippen LogP contribution < -0.4 is 0 Å². The van der Waals surface area contributed by atoms with Gasteiger partial charge in [-0.25, -0.2) is 4.79 Å². The Morgan fingerprint density at radius 2 is 2.11 bits per heavy atom. The van der Waals surface area contributed by atoms with Gasteiger partial charge in [0.25, 0.3) is 0 Å². The fourth-order valence-corrected chi connectivity index (χ4v) is 2.32. The maximum Gasteiger partial charge on any atom is 0.410 e. The molecule has 0 aromatic heterocycles. The number of carboxylic acid groups (broad SMARTS) is 1. The predicted octanol–water partition coefficient (Wildman–Crippen LogP) is 2.66. The molecule has 0 saturated carbocycles. The van der Waals surface area contributed by atoms with Crippen molar-refractivity contribution in [2.45, 2.75) is 45.6 Å². The summed E-state index contributed by atoms with van der Waals surface area (Å²) in [5.41, 5.74) is -1.49. The normalized spacial score (nSPS) is 23.8. The van der Waals surface area contributed by atoms with E-state index in [1.165, 1.54) is 4.90 Å². The fourth-order valence-electron chi connectivity index (χ4n) is 2.32. The second-order valence-electron chi connectivity index (χ2n) is 6.08. The first kappa shape index (κ1) is 15.5. The van der Waals surface area contributed by atoms with Gasteiger partial charge in [0.05, 0.1) is 5.41 Å². The number of likely N-dealkylation sites (tertiary alicyclic amines) is 1. The molecule has 1 N–H and O–H groups in total. The van der Waals surface area contributed by atoms with Crippen LogP contribution in [-0.4, -0.2) is 40.8 Å². The molecule has 1 atom stereocenters. The zero-order chi connectivity index (χ0) is 14.7. The van der Waals surface area contributed by atoms with E-state index in [1.807, 2.05) is 0 Å². The summed E-state index contributed by atoms with van der Waals surface area (Å²) in [7, 11) is 0. The second-order valence-corrected chi connectivity index (χ2v) is 6.08. The van der Waals surface area contributed by atoms with Crippen LogP contribution in [0.15, 0.2) is 12.7 Å². The lowest BCUT2D eigenvalue weighted by molar-refractivity contribution is -0.152. The average molecular weight is 269 g/mol. The Labute approximate surface area is 114 Å². The summed E-state index contributed by atoms with van der Waals surface area (Å²) < 4.78 is 5.30. The molecule has 1 aliphatic rings. The first-order chi connectivity index (χ1) is 8.70. The van der Waals surface area contributed by atoms with E-state index in [-0.39, 0.29) is 6.54 Å². The lowest BCUT2D eigenvalue weighted by Gasteiger charge is -2.39. The van der Waals surface area contributed by atoms with Crippen LogP contribution in [0.5, 0.6) is 0 Å². The Hall–Kier alpha value is -1.52. The molecule has 1 aliphatic heterocycles. The lowest BCUT2D eigenvalue weighted by Crippen LogP contribution is -2.50. The standard InChI is InChI=1S/C14H23NO4/c1-5-7-14(11(16)17)8-6-9-15(10-14)12(18)19-13(2,3)4/h5H,1,6-10H2,2-4H3,(H,16,17)/t14-/m0/s1. The van der Waals surface area contributed by atoms with Gasteiger partial charge in [-0.15, -0.1) is 6.58 Å². The third kappa shape index (κ3) is 3.98. The Morgan fingerprint density at radius 3 is 2.58 bits per heavy atom. The van der Waals surface area contributed by atoms with Gasteiger partial charge in [-0.1, -0.05) is 6.08 Å². The molecule has 1 fully saturated rings. The SMILES string of the molecule is C=CC[C@]1(C(=O)O)CCCN(C(=O)OC(C)(C)C)C1. The van der Waals surface area contributed by atoms with Gasteiger partial charge in [0.1, 0.15) is 5.60 Å². The molecule has 0 aliphatic carbocycles. The lowest BCUT2D eigenvalue weighted by atomic mass is 9.77. The summed E-state index contributed by atoms with van der Waals surface area (Å²) in [4.78, 5) is 25.0. The molecule has 5 heteroatoms. The van der Waals surface area contributed by atoms with Crippen LogP contribution in [0.25, 0.3) is 0 Å². The minimum absolute atomic E-state index is 0.184. The van der Waals surface area contributed by atoms with Crippen molar-refractivity contribution in [2.75, 3.05) is 13.1 Å². The van der Waals surface area contributed by atoms with Crippen LogP contribution in [-0.2, 0) is 9.53 Å². The summed E-state index contributed by atoms with van der Waals surface area (Å²) >= 11 is 0. The summed E-state index contributed by atoms with van der Waals surface area (Å²) in [6.07, 6.45) is 2.75. The minimum Gasteiger partial charge on any atom is -0.481 e. The number of aliphatic carboxylic acids is 1. The largest absolute Gasteiger partial charge is 0.481 e. The van der Waals surface area contributed by atoms with Crippen LogP contribution >= 0.6 is 0 Å².